The molecule has 184 valence electrons. The quantitative estimate of drug-likeness (QED) is 0.501. The highest BCUT2D eigenvalue weighted by Crippen LogP contribution is 2.35. The number of benzene rings is 1. The van der Waals surface area contributed by atoms with Crippen LogP contribution in [0.5, 0.6) is 0 Å². The molecule has 0 saturated carbocycles. The lowest BCUT2D eigenvalue weighted by Crippen LogP contribution is -2.38. The summed E-state index contributed by atoms with van der Waals surface area (Å²) in [5.41, 5.74) is 10.3. The van der Waals surface area contributed by atoms with Crippen LogP contribution < -0.4 is 11.1 Å². The maximum atomic E-state index is 13.1. The van der Waals surface area contributed by atoms with E-state index < -0.39 is 6.09 Å². The molecule has 0 radical (unpaired) electrons. The Morgan fingerprint density at radius 1 is 1.17 bits per heavy atom. The number of hydrogen-bond donors (Lipinski definition) is 3. The number of nitrogens with one attached hydrogen (secondary N) is 1. The largest absolute Gasteiger partial charge is 0.465 e. The van der Waals surface area contributed by atoms with Gasteiger partial charge in [0.05, 0.1) is 17.3 Å². The fourth-order valence-electron chi connectivity index (χ4n) is 4.37. The van der Waals surface area contributed by atoms with E-state index in [2.05, 4.69) is 31.1 Å². The number of aryl methyl sites for hydroxylation is 1. The third kappa shape index (κ3) is 5.13. The standard InChI is InChI=1S/C26H32N6O3/c1-16-7-5-6-8-21(16)29-24(33)19-13-17(14-28-23(19)27)20-15-32(30-22(20)26(2,3)4)18-9-11-31(12-10-18)25(34)35/h5-8,13-15,18H,9-12H2,1-4H3,(H2,27,28)(H,29,33)(H,34,35). The topological polar surface area (TPSA) is 126 Å². The maximum Gasteiger partial charge on any atom is 0.407 e. The van der Waals surface area contributed by atoms with Crippen molar-refractivity contribution in [3.8, 4) is 11.1 Å². The molecular weight excluding hydrogens is 444 g/mol. The molecule has 9 heteroatoms. The molecule has 0 bridgehead atoms. The first-order chi connectivity index (χ1) is 16.5. The molecule has 2 amide bonds. The van der Waals surface area contributed by atoms with E-state index in [9.17, 15) is 14.7 Å². The maximum absolute atomic E-state index is 13.1. The molecule has 9 nitrogen and oxygen atoms in total. The average Bonchev–Trinajstić information content (AvgIpc) is 3.27. The summed E-state index contributed by atoms with van der Waals surface area (Å²) in [6.07, 6.45) is 4.16. The Hall–Kier alpha value is -3.88. The first-order valence-electron chi connectivity index (χ1n) is 11.7. The Morgan fingerprint density at radius 3 is 2.49 bits per heavy atom. The summed E-state index contributed by atoms with van der Waals surface area (Å²) < 4.78 is 1.94. The number of rotatable bonds is 4. The lowest BCUT2D eigenvalue weighted by Gasteiger charge is -2.30. The van der Waals surface area contributed by atoms with E-state index in [1.807, 2.05) is 42.1 Å². The van der Waals surface area contributed by atoms with Crippen molar-refractivity contribution < 1.29 is 14.7 Å². The van der Waals surface area contributed by atoms with Gasteiger partial charge in [-0.2, -0.15) is 5.10 Å². The third-order valence-corrected chi connectivity index (χ3v) is 6.42. The molecule has 3 heterocycles. The van der Waals surface area contributed by atoms with Crippen LogP contribution in [-0.2, 0) is 5.41 Å². The Labute approximate surface area is 205 Å². The highest BCUT2D eigenvalue weighted by atomic mass is 16.4. The number of para-hydroxylation sites is 1. The van der Waals surface area contributed by atoms with Crippen molar-refractivity contribution in [1.82, 2.24) is 19.7 Å². The number of carbonyl (C=O) groups excluding carboxylic acids is 1. The second kappa shape index (κ2) is 9.40. The first-order valence-corrected chi connectivity index (χ1v) is 11.7. The number of hydrogen-bond acceptors (Lipinski definition) is 5. The molecular formula is C26H32N6O3. The van der Waals surface area contributed by atoms with Crippen molar-refractivity contribution in [2.24, 2.45) is 0 Å². The second-order valence-corrected chi connectivity index (χ2v) is 10.0. The average molecular weight is 477 g/mol. The van der Waals surface area contributed by atoms with Gasteiger partial charge in [0.15, 0.2) is 0 Å². The zero-order valence-electron chi connectivity index (χ0n) is 20.6. The van der Waals surface area contributed by atoms with Gasteiger partial charge in [0.2, 0.25) is 0 Å². The van der Waals surface area contributed by atoms with Gasteiger partial charge in [-0.1, -0.05) is 39.0 Å². The molecule has 1 aliphatic rings. The summed E-state index contributed by atoms with van der Waals surface area (Å²) in [6.45, 7) is 9.16. The number of nitrogen functional groups attached to an aromatic ring is 1. The molecule has 1 fully saturated rings. The summed E-state index contributed by atoms with van der Waals surface area (Å²) in [7, 11) is 0. The summed E-state index contributed by atoms with van der Waals surface area (Å²) >= 11 is 0. The van der Waals surface area contributed by atoms with Crippen LogP contribution in [0.15, 0.2) is 42.7 Å². The molecule has 3 aromatic rings. The van der Waals surface area contributed by atoms with Crippen LogP contribution in [0.2, 0.25) is 0 Å². The lowest BCUT2D eigenvalue weighted by molar-refractivity contribution is 0.102. The summed E-state index contributed by atoms with van der Waals surface area (Å²) in [4.78, 5) is 30.1. The molecule has 35 heavy (non-hydrogen) atoms. The molecule has 1 aromatic carbocycles. The van der Waals surface area contributed by atoms with Crippen molar-refractivity contribution in [3.05, 3.63) is 59.5 Å². The third-order valence-electron chi connectivity index (χ3n) is 6.42. The number of pyridine rings is 1. The number of amides is 2. The van der Waals surface area contributed by atoms with E-state index in [1.165, 1.54) is 4.90 Å². The molecule has 0 unspecified atom stereocenters. The van der Waals surface area contributed by atoms with Gasteiger partial charge in [-0.25, -0.2) is 9.78 Å². The SMILES string of the molecule is Cc1ccccc1NC(=O)c1cc(-c2cn(C3CCN(C(=O)O)CC3)nc2C(C)(C)C)cnc1N. The van der Waals surface area contributed by atoms with E-state index >= 15 is 0 Å². The van der Waals surface area contributed by atoms with Gasteiger partial charge < -0.3 is 21.1 Å². The molecule has 4 rings (SSSR count). The van der Waals surface area contributed by atoms with Gasteiger partial charge in [0, 0.05) is 47.7 Å². The lowest BCUT2D eigenvalue weighted by atomic mass is 9.87. The number of nitrogens with two attached hydrogens (primary N) is 1. The van der Waals surface area contributed by atoms with Gasteiger partial charge in [-0.3, -0.25) is 9.48 Å². The Balaban J connectivity index is 1.67. The van der Waals surface area contributed by atoms with E-state index in [-0.39, 0.29) is 23.2 Å². The highest BCUT2D eigenvalue weighted by Gasteiger charge is 2.29. The van der Waals surface area contributed by atoms with Crippen LogP contribution in [0, 0.1) is 6.92 Å². The summed E-state index contributed by atoms with van der Waals surface area (Å²) in [5.74, 6) is -0.164. The van der Waals surface area contributed by atoms with Crippen LogP contribution in [0.4, 0.5) is 16.3 Å². The van der Waals surface area contributed by atoms with Crippen molar-refractivity contribution in [1.29, 1.82) is 0 Å². The molecule has 2 aromatic heterocycles. The number of piperidine rings is 1. The van der Waals surface area contributed by atoms with E-state index in [1.54, 1.807) is 12.3 Å². The first kappa shape index (κ1) is 24.3. The van der Waals surface area contributed by atoms with E-state index in [0.717, 1.165) is 28.1 Å². The fourth-order valence-corrected chi connectivity index (χ4v) is 4.37. The Morgan fingerprint density at radius 2 is 1.86 bits per heavy atom. The molecule has 0 aliphatic carbocycles. The van der Waals surface area contributed by atoms with Gasteiger partial charge >= 0.3 is 6.09 Å². The molecule has 1 saturated heterocycles. The number of likely N-dealkylation sites (tertiary alicyclic amines) is 1. The Bertz CT molecular complexity index is 1250. The highest BCUT2D eigenvalue weighted by molar-refractivity contribution is 6.08. The van der Waals surface area contributed by atoms with Crippen molar-refractivity contribution >= 4 is 23.5 Å². The van der Waals surface area contributed by atoms with Crippen LogP contribution in [0.3, 0.4) is 0 Å². The van der Waals surface area contributed by atoms with Gasteiger partial charge in [0.1, 0.15) is 5.82 Å². The van der Waals surface area contributed by atoms with Crippen LogP contribution >= 0.6 is 0 Å². The van der Waals surface area contributed by atoms with Crippen LogP contribution in [0.25, 0.3) is 11.1 Å². The minimum Gasteiger partial charge on any atom is -0.465 e. The molecule has 4 N–H and O–H groups in total. The number of nitrogens with zero attached hydrogens (tertiary/aromatic N) is 4. The van der Waals surface area contributed by atoms with Gasteiger partial charge in [-0.05, 0) is 37.5 Å². The smallest absolute Gasteiger partial charge is 0.407 e. The minimum atomic E-state index is -0.885. The van der Waals surface area contributed by atoms with E-state index in [0.29, 0.717) is 31.5 Å². The second-order valence-electron chi connectivity index (χ2n) is 10.0. The van der Waals surface area contributed by atoms with Gasteiger partial charge in [-0.15, -0.1) is 0 Å². The minimum absolute atomic E-state index is 0.103. The predicted octanol–water partition coefficient (Wildman–Crippen LogP) is 4.70. The number of carbonyl (C=O) groups is 2. The Kier molecular flexibility index (Phi) is 6.51. The number of carboxylic acid groups (broad SMARTS) is 1. The summed E-state index contributed by atoms with van der Waals surface area (Å²) in [6, 6.07) is 9.42. The molecule has 1 aliphatic heterocycles. The summed E-state index contributed by atoms with van der Waals surface area (Å²) in [5, 5.41) is 17.1. The van der Waals surface area contributed by atoms with Gasteiger partial charge in [0.25, 0.3) is 5.91 Å². The van der Waals surface area contributed by atoms with Crippen molar-refractivity contribution in [2.45, 2.75) is 52.0 Å². The zero-order chi connectivity index (χ0) is 25.3. The number of aromatic nitrogens is 3. The van der Waals surface area contributed by atoms with Crippen molar-refractivity contribution in [3.63, 3.8) is 0 Å². The monoisotopic (exact) mass is 476 g/mol. The normalized spacial score (nSPS) is 14.7. The van der Waals surface area contributed by atoms with E-state index in [4.69, 9.17) is 10.8 Å². The predicted molar refractivity (Wildman–Crippen MR) is 136 cm³/mol. The van der Waals surface area contributed by atoms with Crippen LogP contribution in [-0.4, -0.2) is 49.9 Å². The fraction of sp³-hybridized carbons (Fsp3) is 0.385. The van der Waals surface area contributed by atoms with Crippen LogP contribution in [0.1, 0.15) is 61.3 Å². The molecule has 0 atom stereocenters. The van der Waals surface area contributed by atoms with Crippen molar-refractivity contribution in [2.75, 3.05) is 24.1 Å². The molecule has 0 spiro atoms. The zero-order valence-corrected chi connectivity index (χ0v) is 20.6. The number of anilines is 2.